The summed E-state index contributed by atoms with van der Waals surface area (Å²) in [5.74, 6) is 0.620. The monoisotopic (exact) mass is 199 g/mol. The Balaban J connectivity index is 1.86. The second-order valence-corrected chi connectivity index (χ2v) is 5.17. The summed E-state index contributed by atoms with van der Waals surface area (Å²) in [6.45, 7) is 0. The molecule has 0 heterocycles. The summed E-state index contributed by atoms with van der Waals surface area (Å²) in [6.07, 6.45) is 8.07. The van der Waals surface area contributed by atoms with Crippen molar-refractivity contribution in [2.24, 2.45) is 5.92 Å². The molecule has 0 bridgehead atoms. The Morgan fingerprint density at radius 1 is 1.31 bits per heavy atom. The number of hydrogen-bond acceptors (Lipinski definition) is 2. The van der Waals surface area contributed by atoms with Crippen LogP contribution in [0.4, 0.5) is 0 Å². The predicted molar refractivity (Wildman–Crippen MR) is 55.8 cm³/mol. The first-order valence-electron chi connectivity index (χ1n) is 5.14. The van der Waals surface area contributed by atoms with E-state index in [1.165, 1.54) is 25.7 Å². The second kappa shape index (κ2) is 3.91. The van der Waals surface area contributed by atoms with Crippen LogP contribution in [0.2, 0.25) is 0 Å². The van der Waals surface area contributed by atoms with E-state index in [1.807, 2.05) is 11.8 Å². The van der Waals surface area contributed by atoms with E-state index in [0.717, 1.165) is 6.42 Å². The quantitative estimate of drug-likeness (QED) is 0.751. The van der Waals surface area contributed by atoms with Gasteiger partial charge >= 0.3 is 0 Å². The fourth-order valence-corrected chi connectivity index (χ4v) is 3.03. The van der Waals surface area contributed by atoms with E-state index in [9.17, 15) is 4.79 Å². The summed E-state index contributed by atoms with van der Waals surface area (Å²) in [6, 6.07) is 0.524. The zero-order chi connectivity index (χ0) is 9.26. The lowest BCUT2D eigenvalue weighted by Crippen LogP contribution is -2.34. The molecule has 1 N–H and O–H groups in total. The molecule has 74 valence electrons. The van der Waals surface area contributed by atoms with Crippen molar-refractivity contribution in [3.05, 3.63) is 0 Å². The number of nitrogens with one attached hydrogen (secondary N) is 1. The molecule has 2 nitrogen and oxygen atoms in total. The standard InChI is InChI=1S/C10H17NOS/c1-13-9-4-2-3-8(9)10(12)11-7-5-6-7/h7-9H,2-6H2,1H3,(H,11,12). The Morgan fingerprint density at radius 3 is 2.69 bits per heavy atom. The van der Waals surface area contributed by atoms with Gasteiger partial charge in [-0.1, -0.05) is 6.42 Å². The van der Waals surface area contributed by atoms with Gasteiger partial charge in [-0.05, 0) is 31.9 Å². The van der Waals surface area contributed by atoms with Crippen LogP contribution in [0.15, 0.2) is 0 Å². The van der Waals surface area contributed by atoms with Crippen molar-refractivity contribution in [2.75, 3.05) is 6.26 Å². The first-order valence-corrected chi connectivity index (χ1v) is 6.43. The fourth-order valence-electron chi connectivity index (χ4n) is 2.04. The van der Waals surface area contributed by atoms with Crippen molar-refractivity contribution >= 4 is 17.7 Å². The number of thioether (sulfide) groups is 1. The highest BCUT2D eigenvalue weighted by Crippen LogP contribution is 2.34. The highest BCUT2D eigenvalue weighted by Gasteiger charge is 2.34. The SMILES string of the molecule is CSC1CCCC1C(=O)NC1CC1. The molecule has 2 saturated carbocycles. The summed E-state index contributed by atoms with van der Waals surface area (Å²) < 4.78 is 0. The third kappa shape index (κ3) is 2.19. The topological polar surface area (TPSA) is 29.1 Å². The van der Waals surface area contributed by atoms with Crippen molar-refractivity contribution in [1.82, 2.24) is 5.32 Å². The molecule has 2 unspecified atom stereocenters. The van der Waals surface area contributed by atoms with Gasteiger partial charge < -0.3 is 5.32 Å². The first kappa shape index (κ1) is 9.38. The van der Waals surface area contributed by atoms with Gasteiger partial charge in [-0.25, -0.2) is 0 Å². The van der Waals surface area contributed by atoms with Crippen LogP contribution in [0, 0.1) is 5.92 Å². The van der Waals surface area contributed by atoms with Gasteiger partial charge in [0.25, 0.3) is 0 Å². The highest BCUT2D eigenvalue weighted by molar-refractivity contribution is 7.99. The fraction of sp³-hybridized carbons (Fsp3) is 0.900. The number of carbonyl (C=O) groups is 1. The minimum Gasteiger partial charge on any atom is -0.353 e. The lowest BCUT2D eigenvalue weighted by molar-refractivity contribution is -0.124. The van der Waals surface area contributed by atoms with Crippen molar-refractivity contribution < 1.29 is 4.79 Å². The van der Waals surface area contributed by atoms with Crippen molar-refractivity contribution in [1.29, 1.82) is 0 Å². The van der Waals surface area contributed by atoms with Gasteiger partial charge in [-0.2, -0.15) is 11.8 Å². The molecule has 2 aliphatic carbocycles. The summed E-state index contributed by atoms with van der Waals surface area (Å²) >= 11 is 1.86. The normalized spacial score (nSPS) is 33.3. The number of hydrogen-bond donors (Lipinski definition) is 1. The van der Waals surface area contributed by atoms with Gasteiger partial charge in [0.15, 0.2) is 0 Å². The molecule has 2 atom stereocenters. The van der Waals surface area contributed by atoms with Crippen molar-refractivity contribution in [3.8, 4) is 0 Å². The molecule has 2 fully saturated rings. The van der Waals surface area contributed by atoms with Crippen LogP contribution in [-0.4, -0.2) is 23.5 Å². The lowest BCUT2D eigenvalue weighted by Gasteiger charge is -2.16. The highest BCUT2D eigenvalue weighted by atomic mass is 32.2. The maximum atomic E-state index is 11.7. The van der Waals surface area contributed by atoms with Gasteiger partial charge in [-0.3, -0.25) is 4.79 Å². The largest absolute Gasteiger partial charge is 0.353 e. The molecule has 3 heteroatoms. The summed E-state index contributed by atoms with van der Waals surface area (Å²) in [7, 11) is 0. The van der Waals surface area contributed by atoms with E-state index >= 15 is 0 Å². The van der Waals surface area contributed by atoms with E-state index in [0.29, 0.717) is 23.1 Å². The van der Waals surface area contributed by atoms with Crippen LogP contribution >= 0.6 is 11.8 Å². The predicted octanol–water partition coefficient (Wildman–Crippen LogP) is 1.80. The van der Waals surface area contributed by atoms with Crippen LogP contribution in [0.5, 0.6) is 0 Å². The molecule has 2 rings (SSSR count). The number of rotatable bonds is 3. The minimum absolute atomic E-state index is 0.301. The van der Waals surface area contributed by atoms with E-state index in [2.05, 4.69) is 11.6 Å². The van der Waals surface area contributed by atoms with Gasteiger partial charge in [-0.15, -0.1) is 0 Å². The summed E-state index contributed by atoms with van der Waals surface area (Å²) in [5.41, 5.74) is 0. The smallest absolute Gasteiger partial charge is 0.224 e. The maximum absolute atomic E-state index is 11.7. The molecule has 0 saturated heterocycles. The van der Waals surface area contributed by atoms with Gasteiger partial charge in [0.2, 0.25) is 5.91 Å². The summed E-state index contributed by atoms with van der Waals surface area (Å²) in [5, 5.41) is 3.69. The third-order valence-corrected chi connectivity index (χ3v) is 4.19. The number of carbonyl (C=O) groups excluding carboxylic acids is 1. The molecule has 1 amide bonds. The van der Waals surface area contributed by atoms with Crippen LogP contribution in [-0.2, 0) is 4.79 Å². The minimum atomic E-state index is 0.301. The Bertz CT molecular complexity index is 203. The Hall–Kier alpha value is -0.180. The Labute approximate surface area is 83.8 Å². The average molecular weight is 199 g/mol. The molecule has 0 aliphatic heterocycles. The molecular formula is C10H17NOS. The molecule has 0 aromatic rings. The van der Waals surface area contributed by atoms with E-state index in [4.69, 9.17) is 0 Å². The van der Waals surface area contributed by atoms with Crippen molar-refractivity contribution in [3.63, 3.8) is 0 Å². The molecule has 13 heavy (non-hydrogen) atoms. The van der Waals surface area contributed by atoms with Gasteiger partial charge in [0.05, 0.1) is 0 Å². The maximum Gasteiger partial charge on any atom is 0.224 e. The van der Waals surface area contributed by atoms with E-state index in [-0.39, 0.29) is 0 Å². The molecule has 2 aliphatic rings. The molecular weight excluding hydrogens is 182 g/mol. The van der Waals surface area contributed by atoms with Crippen molar-refractivity contribution in [2.45, 2.75) is 43.4 Å². The zero-order valence-corrected chi connectivity index (χ0v) is 8.90. The van der Waals surface area contributed by atoms with E-state index in [1.54, 1.807) is 0 Å². The van der Waals surface area contributed by atoms with E-state index < -0.39 is 0 Å². The van der Waals surface area contributed by atoms with Gasteiger partial charge in [0.1, 0.15) is 0 Å². The molecule has 0 aromatic heterocycles. The van der Waals surface area contributed by atoms with Crippen LogP contribution < -0.4 is 5.32 Å². The van der Waals surface area contributed by atoms with Crippen LogP contribution in [0.25, 0.3) is 0 Å². The van der Waals surface area contributed by atoms with Crippen LogP contribution in [0.3, 0.4) is 0 Å². The lowest BCUT2D eigenvalue weighted by atomic mass is 10.1. The average Bonchev–Trinajstić information content (AvgIpc) is 2.82. The van der Waals surface area contributed by atoms with Crippen LogP contribution in [0.1, 0.15) is 32.1 Å². The zero-order valence-electron chi connectivity index (χ0n) is 8.08. The first-order chi connectivity index (χ1) is 6.31. The molecule has 0 spiro atoms. The third-order valence-electron chi connectivity index (χ3n) is 3.02. The van der Waals surface area contributed by atoms with Gasteiger partial charge in [0, 0.05) is 17.2 Å². The number of amides is 1. The second-order valence-electron chi connectivity index (χ2n) is 4.09. The molecule has 0 radical (unpaired) electrons. The summed E-state index contributed by atoms with van der Waals surface area (Å²) in [4.78, 5) is 11.7. The Morgan fingerprint density at radius 2 is 2.08 bits per heavy atom. The Kier molecular flexibility index (Phi) is 2.82. The molecule has 0 aromatic carbocycles.